The van der Waals surface area contributed by atoms with E-state index in [9.17, 15) is 4.39 Å². The second kappa shape index (κ2) is 51.5. The number of aliphatic imine (C=N–C) groups is 2. The Morgan fingerprint density at radius 2 is 0.895 bits per heavy atom. The number of hydrogen-bond donors (Lipinski definition) is 0. The SMILES string of the molecule is Brc1cc(Cc2ccccc2)c2cncnc2c1.C.C.C1CCC(P(C2CCCCC2)C2CCCCC2)CC1.C1CCC(P(C2CCCCC2)C2CCCCC2)CC1.FC1C=C(Br)C=C2N=CN=C[C@@H]21.[CH2-]c1ccccc1.[Cl][Ni][Cl].[Cl][Zn+].c1ccc(Cc2cc(N3CCOCC3)cc3ncncc23)cc1. The van der Waals surface area contributed by atoms with Crippen LogP contribution in [-0.2, 0) is 47.5 Å². The number of alkyl halides is 1. The van der Waals surface area contributed by atoms with Gasteiger partial charge >= 0.3 is 60.0 Å². The minimum absolute atomic E-state index is 0. The summed E-state index contributed by atoms with van der Waals surface area (Å²) >= 11 is 8.17. The zero-order chi connectivity index (χ0) is 72.1. The second-order valence-electron chi connectivity index (χ2n) is 28.8. The predicted octanol–water partition coefficient (Wildman–Crippen LogP) is 27.4. The van der Waals surface area contributed by atoms with Crippen molar-refractivity contribution in [3.63, 3.8) is 0 Å². The number of hydrogen-bond acceptors (Lipinski definition) is 8. The van der Waals surface area contributed by atoms with Crippen LogP contribution < -0.4 is 4.90 Å². The Labute approximate surface area is 680 Å². The number of benzene rings is 5. The molecule has 7 aliphatic carbocycles. The van der Waals surface area contributed by atoms with Gasteiger partial charge in [-0.1, -0.05) is 245 Å². The maximum atomic E-state index is 13.3. The number of anilines is 1. The van der Waals surface area contributed by atoms with Crippen LogP contribution >= 0.6 is 77.8 Å². The zero-order valence-corrected chi connectivity index (χ0v) is 71.8. The summed E-state index contributed by atoms with van der Waals surface area (Å²) in [6.45, 7) is 7.16. The van der Waals surface area contributed by atoms with E-state index in [1.807, 2.05) is 60.9 Å². The third-order valence-corrected chi connectivity index (χ3v) is 31.0. The van der Waals surface area contributed by atoms with E-state index < -0.39 is 6.17 Å². The van der Waals surface area contributed by atoms with E-state index in [2.05, 4.69) is 146 Å². The first-order valence-corrected chi connectivity index (χ1v) is 49.8. The van der Waals surface area contributed by atoms with Crippen molar-refractivity contribution in [2.24, 2.45) is 15.9 Å². The molecular weight excluding hydrogens is 1630 g/mol. The fourth-order valence-corrected chi connectivity index (χ4v) is 27.3. The van der Waals surface area contributed by atoms with Crippen molar-refractivity contribution in [3.05, 3.63) is 202 Å². The zero-order valence-electron chi connectivity index (χ0n) is 60.6. The summed E-state index contributed by atoms with van der Waals surface area (Å²) in [6.07, 6.45) is 61.4. The number of aromatic nitrogens is 4. The number of halogens is 6. The Morgan fingerprint density at radius 1 is 0.524 bits per heavy atom. The van der Waals surface area contributed by atoms with Gasteiger partial charge in [0.05, 0.1) is 35.9 Å². The van der Waals surface area contributed by atoms with Crippen LogP contribution in [0.4, 0.5) is 10.1 Å². The fourth-order valence-electron chi connectivity index (χ4n) is 16.9. The average molecular weight is 1750 g/mol. The van der Waals surface area contributed by atoms with Gasteiger partial charge in [0.25, 0.3) is 0 Å². The quantitative estimate of drug-likeness (QED) is 0.0728. The molecule has 2 aliphatic heterocycles. The van der Waals surface area contributed by atoms with Crippen molar-refractivity contribution in [3.8, 4) is 0 Å². The number of ether oxygens (including phenoxy) is 1. The van der Waals surface area contributed by atoms with Crippen LogP contribution in [0.25, 0.3) is 21.8 Å². The molecule has 570 valence electrons. The van der Waals surface area contributed by atoms with E-state index >= 15 is 0 Å². The van der Waals surface area contributed by atoms with Gasteiger partial charge in [0.2, 0.25) is 0 Å². The molecule has 9 aliphatic rings. The van der Waals surface area contributed by atoms with Gasteiger partial charge in [0, 0.05) is 57.1 Å². The van der Waals surface area contributed by atoms with Crippen LogP contribution in [-0.4, -0.2) is 98.9 Å². The molecule has 4 heterocycles. The molecule has 1 saturated heterocycles. The van der Waals surface area contributed by atoms with Crippen LogP contribution in [0.3, 0.4) is 0 Å². The Bertz CT molecular complexity index is 3490. The molecule has 7 aromatic rings. The summed E-state index contributed by atoms with van der Waals surface area (Å²) in [6, 6.07) is 39.4. The monoisotopic (exact) mass is 1740 g/mol. The third-order valence-electron chi connectivity index (χ3n) is 21.9. The van der Waals surface area contributed by atoms with E-state index in [0.29, 0.717) is 28.5 Å². The molecule has 0 bridgehead atoms. The second-order valence-corrected chi connectivity index (χ2v) is 38.4. The predicted molar refractivity (Wildman–Crippen MR) is 456 cm³/mol. The van der Waals surface area contributed by atoms with Crippen molar-refractivity contribution in [2.45, 2.75) is 260 Å². The molecule has 0 amide bonds. The van der Waals surface area contributed by atoms with Gasteiger partial charge < -0.3 is 9.64 Å². The number of fused-ring (bicyclic) bond motifs is 3. The first kappa shape index (κ1) is 89.2. The molecule has 8 nitrogen and oxygen atoms in total. The summed E-state index contributed by atoms with van der Waals surface area (Å²) in [7, 11) is 14.9. The number of morpholine rings is 1. The van der Waals surface area contributed by atoms with Gasteiger partial charge in [-0.15, -0.1) is 12.1 Å². The molecular formula is C87H117Br2Cl3FN7NiOP2Zn. The maximum absolute atomic E-state index is 13.3. The molecule has 6 saturated carbocycles. The summed E-state index contributed by atoms with van der Waals surface area (Å²) in [5, 5.41) is 2.25. The van der Waals surface area contributed by atoms with Gasteiger partial charge in [0.1, 0.15) is 25.2 Å². The Hall–Kier alpha value is -3.03. The summed E-state index contributed by atoms with van der Waals surface area (Å²) in [4.78, 5) is 27.3. The van der Waals surface area contributed by atoms with Crippen molar-refractivity contribution < 1.29 is 39.1 Å². The molecule has 16 rings (SSSR count). The molecule has 105 heavy (non-hydrogen) atoms. The van der Waals surface area contributed by atoms with Crippen molar-refractivity contribution in [1.82, 2.24) is 19.9 Å². The van der Waals surface area contributed by atoms with E-state index in [4.69, 9.17) is 34.8 Å². The number of rotatable bonds is 11. The van der Waals surface area contributed by atoms with Crippen molar-refractivity contribution in [1.29, 1.82) is 0 Å². The summed E-state index contributed by atoms with van der Waals surface area (Å²) in [5.74, 6) is -0.295. The average Bonchev–Trinajstić information content (AvgIpc) is 0.787. The minimum Gasteiger partial charge on any atom is -0.378 e. The van der Waals surface area contributed by atoms with E-state index in [1.165, 1.54) is 113 Å². The molecule has 5 aromatic carbocycles. The normalized spacial score (nSPS) is 20.2. The summed E-state index contributed by atoms with van der Waals surface area (Å²) in [5.41, 5.74) is 17.3. The van der Waals surface area contributed by atoms with Crippen molar-refractivity contribution in [2.75, 3.05) is 31.2 Å². The van der Waals surface area contributed by atoms with E-state index in [-0.39, 0.29) is 20.8 Å². The first-order valence-electron chi connectivity index (χ1n) is 38.5. The van der Waals surface area contributed by atoms with Crippen molar-refractivity contribution >= 4 is 118 Å². The standard InChI is InChI=1S/C19H19N3O.2C18H33P.C15H11BrN2.C8H6BrFN2.C7H7.2CH4.3ClH.Ni.Zn/c1-2-4-15(5-3-1)10-16-11-17(22-6-8-23-9-7-22)12-19-18(16)13-20-14-21-19;2*1-4-10-16(11-5-1)19(17-12-6-2-7-13-17)18-14-8-3-9-15-18;16-13-7-12(6-11-4-2-1-3-5-11)14-9-17-10-18-15(14)8-13;9-5-1-7(10)6-3-11-4-12-8(6)2-5;1-7-5-3-2-4-6-7;;;;;;;/h1-5,11-14H,6-10H2;2*16-18H,1-15H2;1-5,7-10H,6H2;1-4,6-7H;2-6H,1H2;2*1H4;3*1H;;/q;;;;;-1;;;;;;2*+2/p-3/t;;;;6-,7?;;;;;;;;/m....1......../s1. The van der Waals surface area contributed by atoms with Crippen LogP contribution in [0, 0.1) is 12.8 Å². The van der Waals surface area contributed by atoms with Gasteiger partial charge in [-0.3, -0.25) is 0 Å². The maximum Gasteiger partial charge on any atom is 0.116 e. The Balaban J connectivity index is 0.000000177. The Kier molecular flexibility index (Phi) is 43.7. The molecule has 0 radical (unpaired) electrons. The molecule has 0 N–H and O–H groups in total. The van der Waals surface area contributed by atoms with Gasteiger partial charge in [0.15, 0.2) is 0 Å². The third kappa shape index (κ3) is 29.9. The molecule has 2 aromatic heterocycles. The molecule has 18 heteroatoms. The fraction of sp³-hybridized carbons (Fsp3) is 0.529. The molecule has 1 unspecified atom stereocenters. The van der Waals surface area contributed by atoms with Crippen LogP contribution in [0.2, 0.25) is 0 Å². The number of allylic oxidation sites excluding steroid dienone is 4. The molecule has 2 atom stereocenters. The topological polar surface area (TPSA) is 88.8 Å². The molecule has 0 spiro atoms. The van der Waals surface area contributed by atoms with Gasteiger partial charge in [-0.05, 0) is 183 Å². The smallest absolute Gasteiger partial charge is 0.116 e. The first-order chi connectivity index (χ1) is 50.7. The summed E-state index contributed by atoms with van der Waals surface area (Å²) < 4.78 is 20.5. The van der Waals surface area contributed by atoms with Crippen LogP contribution in [0.15, 0.2) is 177 Å². The van der Waals surface area contributed by atoms with Gasteiger partial charge in [-0.2, -0.15) is 24.6 Å². The van der Waals surface area contributed by atoms with E-state index in [0.717, 1.165) is 98.5 Å². The van der Waals surface area contributed by atoms with Gasteiger partial charge in [-0.25, -0.2) is 34.3 Å². The Morgan fingerprint density at radius 3 is 1.28 bits per heavy atom. The minimum atomic E-state index is -1.01. The number of nitrogens with zero attached hydrogens (tertiary/aromatic N) is 7. The van der Waals surface area contributed by atoms with Crippen LogP contribution in [0.1, 0.15) is 235 Å². The van der Waals surface area contributed by atoms with E-state index in [1.54, 1.807) is 173 Å². The molecule has 7 fully saturated rings. The van der Waals surface area contributed by atoms with Crippen LogP contribution in [0.5, 0.6) is 0 Å². The largest absolute Gasteiger partial charge is 0.378 e.